The molecule has 24 heavy (non-hydrogen) atoms. The second-order valence-electron chi connectivity index (χ2n) is 5.01. The third kappa shape index (κ3) is 4.30. The smallest absolute Gasteiger partial charge is 0.411 e. The molecule has 0 saturated carbocycles. The van der Waals surface area contributed by atoms with Crippen LogP contribution in [-0.4, -0.2) is 16.3 Å². The van der Waals surface area contributed by atoms with Crippen LogP contribution in [0.15, 0.2) is 66.7 Å². The Labute approximate surface area is 144 Å². The number of hydrogen-bond acceptors (Lipinski definition) is 4. The Morgan fingerprint density at radius 3 is 2.58 bits per heavy atom. The highest BCUT2D eigenvalue weighted by molar-refractivity contribution is 6.29. The molecule has 2 aromatic carbocycles. The normalized spacial score (nSPS) is 10.2. The predicted molar refractivity (Wildman–Crippen MR) is 92.7 cm³/mol. The lowest BCUT2D eigenvalue weighted by Crippen LogP contribution is -2.13. The average Bonchev–Trinajstić information content (AvgIpc) is 2.62. The van der Waals surface area contributed by atoms with Crippen LogP contribution >= 0.6 is 11.6 Å². The molecule has 0 radical (unpaired) electrons. The summed E-state index contributed by atoms with van der Waals surface area (Å²) in [4.78, 5) is 11.9. The molecule has 3 rings (SSSR count). The van der Waals surface area contributed by atoms with Crippen molar-refractivity contribution in [2.75, 3.05) is 5.32 Å². The van der Waals surface area contributed by atoms with E-state index < -0.39 is 6.09 Å². The molecule has 0 fully saturated rings. The number of halogens is 1. The lowest BCUT2D eigenvalue weighted by atomic mass is 10.1. The van der Waals surface area contributed by atoms with Gasteiger partial charge in [-0.3, -0.25) is 5.32 Å². The highest BCUT2D eigenvalue weighted by Crippen LogP contribution is 2.21. The van der Waals surface area contributed by atoms with E-state index in [9.17, 15) is 4.79 Å². The number of anilines is 1. The molecule has 0 aliphatic heterocycles. The third-order valence-corrected chi connectivity index (χ3v) is 3.45. The van der Waals surface area contributed by atoms with Gasteiger partial charge in [0.25, 0.3) is 0 Å². The molecule has 0 spiro atoms. The summed E-state index contributed by atoms with van der Waals surface area (Å²) in [5.74, 6) is 0. The maximum Gasteiger partial charge on any atom is 0.411 e. The minimum absolute atomic E-state index is 0.217. The molecule has 120 valence electrons. The van der Waals surface area contributed by atoms with Gasteiger partial charge in [-0.15, -0.1) is 10.2 Å². The Morgan fingerprint density at radius 1 is 1.00 bits per heavy atom. The summed E-state index contributed by atoms with van der Waals surface area (Å²) in [6.07, 6.45) is -0.516. The summed E-state index contributed by atoms with van der Waals surface area (Å²) in [7, 11) is 0. The summed E-state index contributed by atoms with van der Waals surface area (Å²) in [5.41, 5.74) is 3.03. The van der Waals surface area contributed by atoms with Gasteiger partial charge in [-0.05, 0) is 29.8 Å². The van der Waals surface area contributed by atoms with Gasteiger partial charge < -0.3 is 4.74 Å². The van der Waals surface area contributed by atoms with Gasteiger partial charge in [-0.2, -0.15) is 0 Å². The zero-order valence-corrected chi connectivity index (χ0v) is 13.4. The van der Waals surface area contributed by atoms with E-state index in [1.807, 2.05) is 42.5 Å². The van der Waals surface area contributed by atoms with Gasteiger partial charge in [0.1, 0.15) is 6.61 Å². The molecule has 1 amide bonds. The number of nitrogens with one attached hydrogen (secondary N) is 1. The molecule has 0 saturated heterocycles. The largest absolute Gasteiger partial charge is 0.444 e. The molecule has 1 N–H and O–H groups in total. The maximum atomic E-state index is 11.9. The van der Waals surface area contributed by atoms with E-state index in [0.717, 1.165) is 11.1 Å². The zero-order valence-electron chi connectivity index (χ0n) is 12.6. The number of carbonyl (C=O) groups is 1. The number of ether oxygens (including phenoxy) is 1. The molecule has 0 atom stereocenters. The van der Waals surface area contributed by atoms with Crippen LogP contribution in [0.5, 0.6) is 0 Å². The molecule has 6 heteroatoms. The number of aromatic nitrogens is 2. The van der Waals surface area contributed by atoms with Gasteiger partial charge in [0.15, 0.2) is 5.15 Å². The highest BCUT2D eigenvalue weighted by atomic mass is 35.5. The van der Waals surface area contributed by atoms with E-state index in [1.54, 1.807) is 24.3 Å². The molecule has 3 aromatic rings. The summed E-state index contributed by atoms with van der Waals surface area (Å²) in [6, 6.07) is 20.2. The minimum atomic E-state index is -0.516. The lowest BCUT2D eigenvalue weighted by molar-refractivity contribution is 0.155. The summed E-state index contributed by atoms with van der Waals surface area (Å²) >= 11 is 5.74. The van der Waals surface area contributed by atoms with Gasteiger partial charge in [0.05, 0.1) is 5.69 Å². The van der Waals surface area contributed by atoms with Crippen molar-refractivity contribution in [3.05, 3.63) is 77.4 Å². The molecular formula is C18H14ClN3O2. The molecule has 0 bridgehead atoms. The van der Waals surface area contributed by atoms with Crippen molar-refractivity contribution in [1.29, 1.82) is 0 Å². The van der Waals surface area contributed by atoms with E-state index in [2.05, 4.69) is 15.5 Å². The van der Waals surface area contributed by atoms with Crippen LogP contribution in [-0.2, 0) is 11.3 Å². The maximum absolute atomic E-state index is 11.9. The fourth-order valence-electron chi connectivity index (χ4n) is 2.10. The number of nitrogens with zero attached hydrogens (tertiary/aromatic N) is 2. The quantitative estimate of drug-likeness (QED) is 0.757. The van der Waals surface area contributed by atoms with Crippen molar-refractivity contribution in [3.63, 3.8) is 0 Å². The first kappa shape index (κ1) is 16.0. The van der Waals surface area contributed by atoms with E-state index in [-0.39, 0.29) is 6.61 Å². The Balaban J connectivity index is 1.64. The Morgan fingerprint density at radius 2 is 1.83 bits per heavy atom. The number of carbonyl (C=O) groups excluding carboxylic acids is 1. The Kier molecular flexibility index (Phi) is 5.03. The van der Waals surface area contributed by atoms with Crippen LogP contribution in [0, 0.1) is 0 Å². The molecule has 0 unspecified atom stereocenters. The number of rotatable bonds is 4. The van der Waals surface area contributed by atoms with Gasteiger partial charge in [-0.1, -0.05) is 54.1 Å². The van der Waals surface area contributed by atoms with Gasteiger partial charge in [0, 0.05) is 11.3 Å². The summed E-state index contributed by atoms with van der Waals surface area (Å²) in [5, 5.41) is 10.9. The first-order valence-corrected chi connectivity index (χ1v) is 7.66. The Hall–Kier alpha value is -2.92. The SMILES string of the molecule is O=C(Nc1cccc(-c2ccc(Cl)nn2)c1)OCc1ccccc1. The minimum Gasteiger partial charge on any atom is -0.444 e. The molecule has 0 aliphatic rings. The van der Waals surface area contributed by atoms with Crippen molar-refractivity contribution in [1.82, 2.24) is 10.2 Å². The standard InChI is InChI=1S/C18H14ClN3O2/c19-17-10-9-16(21-22-17)14-7-4-8-15(11-14)20-18(23)24-12-13-5-2-1-3-6-13/h1-11H,12H2,(H,20,23). The van der Waals surface area contributed by atoms with Crippen molar-refractivity contribution in [3.8, 4) is 11.3 Å². The fourth-order valence-corrected chi connectivity index (χ4v) is 2.20. The topological polar surface area (TPSA) is 64.1 Å². The third-order valence-electron chi connectivity index (χ3n) is 3.25. The van der Waals surface area contributed by atoms with E-state index in [1.165, 1.54) is 0 Å². The molecule has 1 heterocycles. The number of hydrogen-bond donors (Lipinski definition) is 1. The number of amides is 1. The average molecular weight is 340 g/mol. The lowest BCUT2D eigenvalue weighted by Gasteiger charge is -2.08. The van der Waals surface area contributed by atoms with Crippen LogP contribution in [0.25, 0.3) is 11.3 Å². The van der Waals surface area contributed by atoms with Crippen LogP contribution in [0.4, 0.5) is 10.5 Å². The first-order valence-electron chi connectivity index (χ1n) is 7.28. The van der Waals surface area contributed by atoms with Gasteiger partial charge in [-0.25, -0.2) is 4.79 Å². The van der Waals surface area contributed by atoms with E-state index in [4.69, 9.17) is 16.3 Å². The molecular weight excluding hydrogens is 326 g/mol. The Bertz CT molecular complexity index is 823. The molecule has 0 aliphatic carbocycles. The molecule has 5 nitrogen and oxygen atoms in total. The van der Waals surface area contributed by atoms with Crippen LogP contribution in [0.3, 0.4) is 0 Å². The van der Waals surface area contributed by atoms with Crippen molar-refractivity contribution in [2.45, 2.75) is 6.61 Å². The second kappa shape index (κ2) is 7.57. The first-order chi connectivity index (χ1) is 11.7. The van der Waals surface area contributed by atoms with E-state index in [0.29, 0.717) is 16.5 Å². The zero-order chi connectivity index (χ0) is 16.8. The van der Waals surface area contributed by atoms with Gasteiger partial charge in [0.2, 0.25) is 0 Å². The van der Waals surface area contributed by atoms with Crippen molar-refractivity contribution in [2.24, 2.45) is 0 Å². The monoisotopic (exact) mass is 339 g/mol. The van der Waals surface area contributed by atoms with Crippen LogP contribution in [0.2, 0.25) is 5.15 Å². The van der Waals surface area contributed by atoms with Crippen LogP contribution in [0.1, 0.15) is 5.56 Å². The molecule has 1 aromatic heterocycles. The van der Waals surface area contributed by atoms with Crippen molar-refractivity contribution >= 4 is 23.4 Å². The van der Waals surface area contributed by atoms with Crippen molar-refractivity contribution < 1.29 is 9.53 Å². The van der Waals surface area contributed by atoms with Gasteiger partial charge >= 0.3 is 6.09 Å². The highest BCUT2D eigenvalue weighted by Gasteiger charge is 2.06. The summed E-state index contributed by atoms with van der Waals surface area (Å²) in [6.45, 7) is 0.217. The predicted octanol–water partition coefficient (Wildman–Crippen LogP) is 4.55. The van der Waals surface area contributed by atoms with Crippen LogP contribution < -0.4 is 5.32 Å². The second-order valence-corrected chi connectivity index (χ2v) is 5.40. The van der Waals surface area contributed by atoms with E-state index >= 15 is 0 Å². The number of benzene rings is 2. The fraction of sp³-hybridized carbons (Fsp3) is 0.0556. The summed E-state index contributed by atoms with van der Waals surface area (Å²) < 4.78 is 5.20.